The van der Waals surface area contributed by atoms with Gasteiger partial charge in [0.1, 0.15) is 5.75 Å². The summed E-state index contributed by atoms with van der Waals surface area (Å²) in [5, 5.41) is 3.41. The van der Waals surface area contributed by atoms with Crippen molar-refractivity contribution in [1.82, 2.24) is 4.90 Å². The lowest BCUT2D eigenvalue weighted by molar-refractivity contribution is -0.0191. The molecule has 1 saturated heterocycles. The van der Waals surface area contributed by atoms with Crippen LogP contribution in [0.2, 0.25) is 0 Å². The third kappa shape index (κ3) is 4.09. The summed E-state index contributed by atoms with van der Waals surface area (Å²) >= 11 is 3.49. The Bertz CT molecular complexity index is 414. The van der Waals surface area contributed by atoms with Crippen LogP contribution in [0.4, 0.5) is 5.69 Å². The molecule has 1 aromatic rings. The minimum Gasteiger partial charge on any atom is -0.496 e. The van der Waals surface area contributed by atoms with Crippen LogP contribution < -0.4 is 10.1 Å². The maximum Gasteiger partial charge on any atom is 0.133 e. The van der Waals surface area contributed by atoms with Gasteiger partial charge in [0.25, 0.3) is 0 Å². The average Bonchev–Trinajstić information content (AvgIpc) is 2.45. The van der Waals surface area contributed by atoms with Gasteiger partial charge in [-0.25, -0.2) is 0 Å². The van der Waals surface area contributed by atoms with Crippen LogP contribution in [-0.2, 0) is 4.74 Å². The molecule has 0 saturated carbocycles. The summed E-state index contributed by atoms with van der Waals surface area (Å²) in [5.41, 5.74) is 1.07. The molecule has 1 unspecified atom stereocenters. The molecule has 2 rings (SSSR count). The van der Waals surface area contributed by atoms with E-state index in [2.05, 4.69) is 33.1 Å². The van der Waals surface area contributed by atoms with E-state index in [1.165, 1.54) is 0 Å². The molecule has 0 amide bonds. The molecule has 1 aromatic carbocycles. The number of likely N-dealkylation sites (N-methyl/N-ethyl adjacent to an activating group) is 1. The van der Waals surface area contributed by atoms with Crippen LogP contribution in [0, 0.1) is 0 Å². The van der Waals surface area contributed by atoms with Gasteiger partial charge in [-0.1, -0.05) is 6.92 Å². The van der Waals surface area contributed by atoms with Crippen LogP contribution in [-0.4, -0.2) is 50.9 Å². The highest BCUT2D eigenvalue weighted by atomic mass is 79.9. The zero-order chi connectivity index (χ0) is 13.7. The van der Waals surface area contributed by atoms with Gasteiger partial charge in [0.05, 0.1) is 24.3 Å². The Morgan fingerprint density at radius 2 is 2.37 bits per heavy atom. The third-order valence-corrected chi connectivity index (χ3v) is 3.98. The highest BCUT2D eigenvalue weighted by Crippen LogP contribution is 2.27. The number of benzene rings is 1. The number of morpholine rings is 1. The van der Waals surface area contributed by atoms with E-state index in [9.17, 15) is 0 Å². The highest BCUT2D eigenvalue weighted by molar-refractivity contribution is 9.10. The number of hydrogen-bond acceptors (Lipinski definition) is 4. The van der Waals surface area contributed by atoms with Crippen LogP contribution >= 0.6 is 15.9 Å². The number of rotatable bonds is 5. The van der Waals surface area contributed by atoms with Crippen molar-refractivity contribution in [3.8, 4) is 5.75 Å². The van der Waals surface area contributed by atoms with E-state index >= 15 is 0 Å². The lowest BCUT2D eigenvalue weighted by atomic mass is 10.2. The van der Waals surface area contributed by atoms with Gasteiger partial charge >= 0.3 is 0 Å². The van der Waals surface area contributed by atoms with Crippen molar-refractivity contribution in [2.45, 2.75) is 13.0 Å². The number of nitrogens with one attached hydrogen (secondary N) is 1. The van der Waals surface area contributed by atoms with Crippen LogP contribution in [0.1, 0.15) is 6.92 Å². The molecule has 106 valence electrons. The Kier molecular flexibility index (Phi) is 5.48. The molecular formula is C14H21BrN2O2. The van der Waals surface area contributed by atoms with Crippen molar-refractivity contribution >= 4 is 21.6 Å². The molecule has 1 aliphatic heterocycles. The van der Waals surface area contributed by atoms with Crippen molar-refractivity contribution in [1.29, 1.82) is 0 Å². The van der Waals surface area contributed by atoms with Gasteiger partial charge in [-0.2, -0.15) is 0 Å². The molecule has 1 aliphatic rings. The fraction of sp³-hybridized carbons (Fsp3) is 0.571. The maximum atomic E-state index is 5.77. The molecule has 0 bridgehead atoms. The number of nitrogens with zero attached hydrogens (tertiary/aromatic N) is 1. The SMILES string of the molecule is CCN1CCOC(CNc2ccc(OC)c(Br)c2)C1. The monoisotopic (exact) mass is 328 g/mol. The summed E-state index contributed by atoms with van der Waals surface area (Å²) in [7, 11) is 1.67. The number of hydrogen-bond donors (Lipinski definition) is 1. The van der Waals surface area contributed by atoms with Crippen molar-refractivity contribution in [2.75, 3.05) is 45.2 Å². The first-order valence-corrected chi connectivity index (χ1v) is 7.43. The fourth-order valence-corrected chi connectivity index (χ4v) is 2.74. The molecule has 1 fully saturated rings. The summed E-state index contributed by atoms with van der Waals surface area (Å²) in [6.45, 7) is 6.98. The van der Waals surface area contributed by atoms with E-state index < -0.39 is 0 Å². The maximum absolute atomic E-state index is 5.77. The van der Waals surface area contributed by atoms with Crippen LogP contribution in [0.15, 0.2) is 22.7 Å². The second-order valence-electron chi connectivity index (χ2n) is 4.62. The Morgan fingerprint density at radius 1 is 1.53 bits per heavy atom. The predicted molar refractivity (Wildman–Crippen MR) is 81.0 cm³/mol. The summed E-state index contributed by atoms with van der Waals surface area (Å²) in [5.74, 6) is 0.844. The second kappa shape index (κ2) is 7.12. The molecule has 1 heterocycles. The summed E-state index contributed by atoms with van der Waals surface area (Å²) in [6.07, 6.45) is 0.259. The van der Waals surface area contributed by atoms with Crippen molar-refractivity contribution in [2.24, 2.45) is 0 Å². The van der Waals surface area contributed by atoms with E-state index in [-0.39, 0.29) is 6.10 Å². The van der Waals surface area contributed by atoms with Gasteiger partial charge in [0.2, 0.25) is 0 Å². The quantitative estimate of drug-likeness (QED) is 0.900. The van der Waals surface area contributed by atoms with Crippen molar-refractivity contribution < 1.29 is 9.47 Å². The van der Waals surface area contributed by atoms with Gasteiger partial charge < -0.3 is 14.8 Å². The summed E-state index contributed by atoms with van der Waals surface area (Å²) in [4.78, 5) is 2.42. The zero-order valence-corrected chi connectivity index (χ0v) is 13.1. The van der Waals surface area contributed by atoms with Gasteiger partial charge in [-0.3, -0.25) is 4.90 Å². The van der Waals surface area contributed by atoms with Crippen LogP contribution in [0.25, 0.3) is 0 Å². The molecule has 4 nitrogen and oxygen atoms in total. The smallest absolute Gasteiger partial charge is 0.133 e. The molecule has 0 spiro atoms. The van der Waals surface area contributed by atoms with E-state index in [1.807, 2.05) is 18.2 Å². The second-order valence-corrected chi connectivity index (χ2v) is 5.47. The van der Waals surface area contributed by atoms with E-state index in [0.29, 0.717) is 0 Å². The fourth-order valence-electron chi connectivity index (χ4n) is 2.20. The molecule has 0 aromatic heterocycles. The number of ether oxygens (including phenoxy) is 2. The topological polar surface area (TPSA) is 33.7 Å². The third-order valence-electron chi connectivity index (χ3n) is 3.36. The standard InChI is InChI=1S/C14H21BrN2O2/c1-3-17-6-7-19-12(10-17)9-16-11-4-5-14(18-2)13(15)8-11/h4-5,8,12,16H,3,6-7,9-10H2,1-2H3. The molecule has 5 heteroatoms. The lowest BCUT2D eigenvalue weighted by Gasteiger charge is -2.32. The Morgan fingerprint density at radius 3 is 3.05 bits per heavy atom. The van der Waals surface area contributed by atoms with Gasteiger partial charge in [-0.15, -0.1) is 0 Å². The van der Waals surface area contributed by atoms with Crippen molar-refractivity contribution in [3.05, 3.63) is 22.7 Å². The molecule has 19 heavy (non-hydrogen) atoms. The molecule has 0 radical (unpaired) electrons. The Hall–Kier alpha value is -0.780. The highest BCUT2D eigenvalue weighted by Gasteiger charge is 2.18. The van der Waals surface area contributed by atoms with Crippen LogP contribution in [0.5, 0.6) is 5.75 Å². The first-order valence-electron chi connectivity index (χ1n) is 6.64. The summed E-state index contributed by atoms with van der Waals surface area (Å²) in [6, 6.07) is 6.00. The first kappa shape index (κ1) is 14.6. The van der Waals surface area contributed by atoms with Gasteiger partial charge in [-0.05, 0) is 40.7 Å². The van der Waals surface area contributed by atoms with E-state index in [0.717, 1.165) is 48.7 Å². The minimum absolute atomic E-state index is 0.259. The number of halogens is 1. The van der Waals surface area contributed by atoms with E-state index in [4.69, 9.17) is 9.47 Å². The summed E-state index contributed by atoms with van der Waals surface area (Å²) < 4.78 is 11.9. The van der Waals surface area contributed by atoms with Crippen LogP contribution in [0.3, 0.4) is 0 Å². The van der Waals surface area contributed by atoms with Gasteiger partial charge in [0, 0.05) is 25.3 Å². The number of anilines is 1. The molecule has 0 aliphatic carbocycles. The Balaban J connectivity index is 1.86. The zero-order valence-electron chi connectivity index (χ0n) is 11.5. The van der Waals surface area contributed by atoms with Crippen molar-refractivity contribution in [3.63, 3.8) is 0 Å². The predicted octanol–water partition coefficient (Wildman–Crippen LogP) is 2.59. The average molecular weight is 329 g/mol. The Labute approximate surface area is 123 Å². The lowest BCUT2D eigenvalue weighted by Crippen LogP contribution is -2.45. The number of methoxy groups -OCH3 is 1. The van der Waals surface area contributed by atoms with Gasteiger partial charge in [0.15, 0.2) is 0 Å². The van der Waals surface area contributed by atoms with E-state index in [1.54, 1.807) is 7.11 Å². The molecule has 1 atom stereocenters. The minimum atomic E-state index is 0.259. The largest absolute Gasteiger partial charge is 0.496 e. The molecule has 1 N–H and O–H groups in total. The first-order chi connectivity index (χ1) is 9.22. The molecular weight excluding hydrogens is 308 g/mol. The normalized spacial score (nSPS) is 20.3.